The zero-order valence-electron chi connectivity index (χ0n) is 9.27. The van der Waals surface area contributed by atoms with Gasteiger partial charge in [0.25, 0.3) is 0 Å². The molecule has 0 radical (unpaired) electrons. The van der Waals surface area contributed by atoms with Crippen LogP contribution in [0.5, 0.6) is 0 Å². The third-order valence-corrected chi connectivity index (χ3v) is 3.07. The van der Waals surface area contributed by atoms with Crippen LogP contribution >= 0.6 is 11.3 Å². The molecule has 0 aliphatic carbocycles. The number of thiophene rings is 1. The Hall–Kier alpha value is -0.870. The molecular formula is C11H18N2OS. The Morgan fingerprint density at radius 1 is 1.67 bits per heavy atom. The molecule has 2 N–H and O–H groups in total. The van der Waals surface area contributed by atoms with Crippen molar-refractivity contribution in [3.05, 3.63) is 22.4 Å². The Bertz CT molecular complexity index is 296. The van der Waals surface area contributed by atoms with Crippen molar-refractivity contribution in [1.82, 2.24) is 4.90 Å². The van der Waals surface area contributed by atoms with Crippen molar-refractivity contribution in [2.45, 2.75) is 32.4 Å². The van der Waals surface area contributed by atoms with Crippen LogP contribution < -0.4 is 5.73 Å². The van der Waals surface area contributed by atoms with E-state index >= 15 is 0 Å². The van der Waals surface area contributed by atoms with Gasteiger partial charge in [0, 0.05) is 24.4 Å². The van der Waals surface area contributed by atoms with E-state index < -0.39 is 0 Å². The molecule has 4 heteroatoms. The first-order valence-electron chi connectivity index (χ1n) is 5.11. The number of nitrogens with two attached hydrogens (primary N) is 1. The largest absolute Gasteiger partial charge is 0.341 e. The summed E-state index contributed by atoms with van der Waals surface area (Å²) in [6.07, 6.45) is 1.30. The standard InChI is InChI=1S/C11H18N2OS/c1-9(12)5-6-11(14)13(2)8-10-4-3-7-15-10/h3-4,7,9H,5-6,8,12H2,1-2H3. The van der Waals surface area contributed by atoms with E-state index in [1.807, 2.05) is 31.5 Å². The minimum Gasteiger partial charge on any atom is -0.341 e. The average Bonchev–Trinajstić information content (AvgIpc) is 2.66. The number of rotatable bonds is 5. The molecule has 0 saturated carbocycles. The normalized spacial score (nSPS) is 12.5. The second-order valence-corrected chi connectivity index (χ2v) is 4.88. The molecule has 15 heavy (non-hydrogen) atoms. The minimum atomic E-state index is 0.101. The lowest BCUT2D eigenvalue weighted by atomic mass is 10.2. The van der Waals surface area contributed by atoms with Crippen molar-refractivity contribution in [1.29, 1.82) is 0 Å². The van der Waals surface area contributed by atoms with Gasteiger partial charge in [0.05, 0.1) is 6.54 Å². The summed E-state index contributed by atoms with van der Waals surface area (Å²) in [7, 11) is 1.84. The maximum atomic E-state index is 11.6. The van der Waals surface area contributed by atoms with Gasteiger partial charge < -0.3 is 10.6 Å². The second kappa shape index (κ2) is 5.88. The highest BCUT2D eigenvalue weighted by molar-refractivity contribution is 7.09. The monoisotopic (exact) mass is 226 g/mol. The predicted molar refractivity (Wildman–Crippen MR) is 63.7 cm³/mol. The molecule has 0 aromatic carbocycles. The minimum absolute atomic E-state index is 0.101. The first-order chi connectivity index (χ1) is 7.09. The predicted octanol–water partition coefficient (Wildman–Crippen LogP) is 1.83. The highest BCUT2D eigenvalue weighted by Gasteiger charge is 2.10. The molecule has 1 unspecified atom stereocenters. The van der Waals surface area contributed by atoms with Gasteiger partial charge in [0.1, 0.15) is 0 Å². The molecule has 0 aliphatic rings. The van der Waals surface area contributed by atoms with Gasteiger partial charge in [-0.1, -0.05) is 6.07 Å². The van der Waals surface area contributed by atoms with Crippen LogP contribution in [0.4, 0.5) is 0 Å². The first kappa shape index (κ1) is 12.2. The molecule has 0 aliphatic heterocycles. The van der Waals surface area contributed by atoms with Gasteiger partial charge in [-0.2, -0.15) is 0 Å². The van der Waals surface area contributed by atoms with Gasteiger partial charge in [0.15, 0.2) is 0 Å². The van der Waals surface area contributed by atoms with E-state index in [1.165, 1.54) is 4.88 Å². The summed E-state index contributed by atoms with van der Waals surface area (Å²) in [5, 5.41) is 2.02. The fourth-order valence-electron chi connectivity index (χ4n) is 1.27. The van der Waals surface area contributed by atoms with Gasteiger partial charge >= 0.3 is 0 Å². The topological polar surface area (TPSA) is 46.3 Å². The number of carbonyl (C=O) groups is 1. The summed E-state index contributed by atoms with van der Waals surface area (Å²) in [6.45, 7) is 2.63. The molecule has 0 fully saturated rings. The number of hydrogen-bond acceptors (Lipinski definition) is 3. The number of nitrogens with zero attached hydrogens (tertiary/aromatic N) is 1. The van der Waals surface area contributed by atoms with Crippen LogP contribution in [-0.2, 0) is 11.3 Å². The third-order valence-electron chi connectivity index (χ3n) is 2.21. The summed E-state index contributed by atoms with van der Waals surface area (Å²) < 4.78 is 0. The molecule has 1 heterocycles. The summed E-state index contributed by atoms with van der Waals surface area (Å²) in [5.41, 5.74) is 5.61. The SMILES string of the molecule is CC(N)CCC(=O)N(C)Cc1cccs1. The highest BCUT2D eigenvalue weighted by Crippen LogP contribution is 2.11. The first-order valence-corrected chi connectivity index (χ1v) is 5.99. The van der Waals surface area contributed by atoms with Crippen molar-refractivity contribution in [3.63, 3.8) is 0 Å². The van der Waals surface area contributed by atoms with Crippen LogP contribution in [0.25, 0.3) is 0 Å². The van der Waals surface area contributed by atoms with E-state index in [0.29, 0.717) is 13.0 Å². The van der Waals surface area contributed by atoms with E-state index in [-0.39, 0.29) is 11.9 Å². The third kappa shape index (κ3) is 4.44. The Morgan fingerprint density at radius 3 is 2.93 bits per heavy atom. The van der Waals surface area contributed by atoms with Crippen molar-refractivity contribution < 1.29 is 4.79 Å². The lowest BCUT2D eigenvalue weighted by Crippen LogP contribution is -2.27. The molecule has 1 aromatic heterocycles. The van der Waals surface area contributed by atoms with Crippen LogP contribution in [0.2, 0.25) is 0 Å². The van der Waals surface area contributed by atoms with Crippen molar-refractivity contribution >= 4 is 17.2 Å². The Labute approximate surface area is 94.9 Å². The van der Waals surface area contributed by atoms with Crippen molar-refractivity contribution in [2.24, 2.45) is 5.73 Å². The fourth-order valence-corrected chi connectivity index (χ4v) is 2.02. The van der Waals surface area contributed by atoms with Gasteiger partial charge in [-0.25, -0.2) is 0 Å². The Balaban J connectivity index is 2.33. The zero-order valence-corrected chi connectivity index (χ0v) is 10.1. The van der Waals surface area contributed by atoms with Crippen molar-refractivity contribution in [3.8, 4) is 0 Å². The van der Waals surface area contributed by atoms with E-state index in [2.05, 4.69) is 0 Å². The van der Waals surface area contributed by atoms with Gasteiger partial charge in [-0.3, -0.25) is 4.79 Å². The highest BCUT2D eigenvalue weighted by atomic mass is 32.1. The maximum absolute atomic E-state index is 11.6. The summed E-state index contributed by atoms with van der Waals surface area (Å²) in [6, 6.07) is 4.14. The second-order valence-electron chi connectivity index (χ2n) is 3.85. The smallest absolute Gasteiger partial charge is 0.222 e. The number of carbonyl (C=O) groups excluding carboxylic acids is 1. The molecule has 3 nitrogen and oxygen atoms in total. The molecular weight excluding hydrogens is 208 g/mol. The van der Waals surface area contributed by atoms with Gasteiger partial charge in [-0.05, 0) is 24.8 Å². The Morgan fingerprint density at radius 2 is 2.40 bits per heavy atom. The van der Waals surface area contributed by atoms with Gasteiger partial charge in [-0.15, -0.1) is 11.3 Å². The quantitative estimate of drug-likeness (QED) is 0.832. The van der Waals surface area contributed by atoms with Crippen LogP contribution in [0.1, 0.15) is 24.6 Å². The van der Waals surface area contributed by atoms with Crippen LogP contribution in [-0.4, -0.2) is 23.9 Å². The van der Waals surface area contributed by atoms with Crippen molar-refractivity contribution in [2.75, 3.05) is 7.05 Å². The molecule has 84 valence electrons. The van der Waals surface area contributed by atoms with E-state index in [0.717, 1.165) is 6.42 Å². The Kier molecular flexibility index (Phi) is 4.78. The lowest BCUT2D eigenvalue weighted by molar-refractivity contribution is -0.130. The zero-order chi connectivity index (χ0) is 11.3. The molecule has 0 saturated heterocycles. The van der Waals surface area contributed by atoms with E-state index in [9.17, 15) is 4.79 Å². The average molecular weight is 226 g/mol. The van der Waals surface area contributed by atoms with Gasteiger partial charge in [0.2, 0.25) is 5.91 Å². The molecule has 0 bridgehead atoms. The lowest BCUT2D eigenvalue weighted by Gasteiger charge is -2.16. The van der Waals surface area contributed by atoms with Crippen LogP contribution in [0.3, 0.4) is 0 Å². The molecule has 0 spiro atoms. The number of amides is 1. The summed E-state index contributed by atoms with van der Waals surface area (Å²) >= 11 is 1.67. The molecule has 1 amide bonds. The number of hydrogen-bond donors (Lipinski definition) is 1. The maximum Gasteiger partial charge on any atom is 0.222 e. The van der Waals surface area contributed by atoms with E-state index in [1.54, 1.807) is 16.2 Å². The van der Waals surface area contributed by atoms with Crippen LogP contribution in [0, 0.1) is 0 Å². The molecule has 1 aromatic rings. The van der Waals surface area contributed by atoms with E-state index in [4.69, 9.17) is 5.73 Å². The molecule has 1 atom stereocenters. The molecule has 1 rings (SSSR count). The summed E-state index contributed by atoms with van der Waals surface area (Å²) in [4.78, 5) is 14.6. The summed E-state index contributed by atoms with van der Waals surface area (Å²) in [5.74, 6) is 0.167. The fraction of sp³-hybridized carbons (Fsp3) is 0.545. The van der Waals surface area contributed by atoms with Crippen LogP contribution in [0.15, 0.2) is 17.5 Å².